The van der Waals surface area contributed by atoms with E-state index in [2.05, 4.69) is 45.0 Å². The van der Waals surface area contributed by atoms with E-state index in [-0.39, 0.29) is 25.0 Å². The van der Waals surface area contributed by atoms with E-state index in [0.29, 0.717) is 19.4 Å². The van der Waals surface area contributed by atoms with Crippen LogP contribution in [0.3, 0.4) is 0 Å². The molecule has 0 aliphatic heterocycles. The van der Waals surface area contributed by atoms with E-state index in [1.807, 2.05) is 36.4 Å². The summed E-state index contributed by atoms with van der Waals surface area (Å²) in [6.45, 7) is 6.40. The van der Waals surface area contributed by atoms with E-state index in [4.69, 9.17) is 31.7 Å². The predicted molar refractivity (Wildman–Crippen MR) is 171 cm³/mol. The van der Waals surface area contributed by atoms with E-state index in [9.17, 15) is 16.8 Å². The summed E-state index contributed by atoms with van der Waals surface area (Å²) in [5.74, 6) is 0. The van der Waals surface area contributed by atoms with Crippen LogP contribution in [-0.4, -0.2) is 97.0 Å². The first-order valence-corrected chi connectivity index (χ1v) is 19.8. The number of methoxy groups -OCH3 is 2. The molecule has 0 bridgehead atoms. The van der Waals surface area contributed by atoms with Crippen LogP contribution < -0.4 is 10.4 Å². The molecule has 0 aliphatic rings. The number of benzene rings is 2. The van der Waals surface area contributed by atoms with E-state index in [0.717, 1.165) is 22.9 Å². The van der Waals surface area contributed by atoms with Crippen molar-refractivity contribution in [2.45, 2.75) is 63.4 Å². The minimum absolute atomic E-state index is 0.00560. The Morgan fingerprint density at radius 2 is 1.18 bits per heavy atom. The van der Waals surface area contributed by atoms with Crippen molar-refractivity contribution in [2.75, 3.05) is 53.5 Å². The van der Waals surface area contributed by atoms with Gasteiger partial charge in [0, 0.05) is 33.7 Å². The third-order valence-electron chi connectivity index (χ3n) is 6.85. The fourth-order valence-electron chi connectivity index (χ4n) is 5.10. The van der Waals surface area contributed by atoms with Crippen LogP contribution in [0, 0.1) is 0 Å². The summed E-state index contributed by atoms with van der Waals surface area (Å²) in [6.07, 6.45) is 0.329. The SMILES string of the molecule is COCO[C@H](C[C@H](CCO[Si](c1ccccc1)(c1ccccc1)C(C)(C)C)OCOC)C[C@H](COS(C)(=O)=O)OS(C)(=O)=O. The topological polar surface area (TPSA) is 133 Å². The van der Waals surface area contributed by atoms with Gasteiger partial charge in [0.25, 0.3) is 28.6 Å². The summed E-state index contributed by atoms with van der Waals surface area (Å²) >= 11 is 0. The Balaban J connectivity index is 2.33. The molecule has 0 aliphatic carbocycles. The van der Waals surface area contributed by atoms with Crippen molar-refractivity contribution in [3.63, 3.8) is 0 Å². The first-order chi connectivity index (χ1) is 20.6. The molecular formula is C30H48O11S2Si. The van der Waals surface area contributed by atoms with Crippen molar-refractivity contribution < 1.29 is 48.6 Å². The van der Waals surface area contributed by atoms with Gasteiger partial charge >= 0.3 is 0 Å². The normalized spacial score (nSPS) is 15.2. The first-order valence-electron chi connectivity index (χ1n) is 14.3. The lowest BCUT2D eigenvalue weighted by atomic mass is 10.0. The van der Waals surface area contributed by atoms with Gasteiger partial charge in [-0.1, -0.05) is 81.4 Å². The second kappa shape index (κ2) is 17.8. The Bertz CT molecular complexity index is 1260. The number of hydrogen-bond acceptors (Lipinski definition) is 11. The van der Waals surface area contributed by atoms with Crippen molar-refractivity contribution in [2.24, 2.45) is 0 Å². The number of hydrogen-bond donors (Lipinski definition) is 0. The van der Waals surface area contributed by atoms with Gasteiger partial charge in [0.05, 0.1) is 31.3 Å². The maximum Gasteiger partial charge on any atom is 0.264 e. The van der Waals surface area contributed by atoms with Crippen LogP contribution in [0.25, 0.3) is 0 Å². The van der Waals surface area contributed by atoms with E-state index < -0.39 is 53.5 Å². The molecule has 2 aromatic carbocycles. The van der Waals surface area contributed by atoms with Gasteiger partial charge in [-0.05, 0) is 21.8 Å². The summed E-state index contributed by atoms with van der Waals surface area (Å²) in [5.41, 5.74) is 0. The minimum Gasteiger partial charge on any atom is -0.407 e. The fourth-order valence-corrected chi connectivity index (χ4v) is 10.7. The smallest absolute Gasteiger partial charge is 0.264 e. The molecule has 11 nitrogen and oxygen atoms in total. The minimum atomic E-state index is -3.93. The molecule has 3 atom stereocenters. The molecule has 44 heavy (non-hydrogen) atoms. The third kappa shape index (κ3) is 12.9. The molecule has 0 spiro atoms. The zero-order valence-electron chi connectivity index (χ0n) is 26.8. The standard InChI is InChI=1S/C30H48O11S2Si/c1-30(2,3)44(28-14-10-8-11-15-28,29-16-12-9-13-17-29)40-19-18-25(37-23-35-4)20-26(38-24-36-5)21-27(41-43(7,33)34)22-39-42(6,31)32/h8-17,25-27H,18-24H2,1-7H3/t25-,26+,27+/m0/s1. The van der Waals surface area contributed by atoms with Crippen LogP contribution in [0.2, 0.25) is 5.04 Å². The Kier molecular flexibility index (Phi) is 15.6. The molecule has 0 fully saturated rings. The quantitative estimate of drug-likeness (QED) is 0.110. The van der Waals surface area contributed by atoms with Gasteiger partial charge in [0.2, 0.25) is 0 Å². The molecule has 2 rings (SSSR count). The van der Waals surface area contributed by atoms with E-state index in [1.165, 1.54) is 14.2 Å². The summed E-state index contributed by atoms with van der Waals surface area (Å²) < 4.78 is 86.3. The van der Waals surface area contributed by atoms with Crippen molar-refractivity contribution in [1.29, 1.82) is 0 Å². The van der Waals surface area contributed by atoms with Crippen molar-refractivity contribution in [3.05, 3.63) is 60.7 Å². The molecule has 0 radical (unpaired) electrons. The average Bonchev–Trinajstić information content (AvgIpc) is 2.94. The largest absolute Gasteiger partial charge is 0.407 e. The van der Waals surface area contributed by atoms with Gasteiger partial charge < -0.3 is 23.4 Å². The highest BCUT2D eigenvalue weighted by atomic mass is 32.2. The second-order valence-corrected chi connectivity index (χ2v) is 19.1. The molecule has 14 heteroatoms. The highest BCUT2D eigenvalue weighted by molar-refractivity contribution is 7.86. The molecule has 0 amide bonds. The lowest BCUT2D eigenvalue weighted by Crippen LogP contribution is -2.66. The average molecular weight is 677 g/mol. The Morgan fingerprint density at radius 1 is 0.705 bits per heavy atom. The number of ether oxygens (including phenoxy) is 4. The maximum atomic E-state index is 11.9. The lowest BCUT2D eigenvalue weighted by Gasteiger charge is -2.43. The van der Waals surface area contributed by atoms with Crippen LogP contribution in [0.4, 0.5) is 0 Å². The maximum absolute atomic E-state index is 11.9. The van der Waals surface area contributed by atoms with Gasteiger partial charge in [0.15, 0.2) is 0 Å². The van der Waals surface area contributed by atoms with Crippen molar-refractivity contribution >= 4 is 38.9 Å². The summed E-state index contributed by atoms with van der Waals surface area (Å²) in [6, 6.07) is 20.6. The van der Waals surface area contributed by atoms with Gasteiger partial charge in [-0.3, -0.25) is 8.37 Å². The van der Waals surface area contributed by atoms with Crippen LogP contribution >= 0.6 is 0 Å². The third-order valence-corrected chi connectivity index (χ3v) is 13.1. The van der Waals surface area contributed by atoms with Gasteiger partial charge in [0.1, 0.15) is 19.7 Å². The molecule has 250 valence electrons. The molecule has 0 heterocycles. The monoisotopic (exact) mass is 676 g/mol. The predicted octanol–water partition coefficient (Wildman–Crippen LogP) is 3.03. The van der Waals surface area contributed by atoms with Gasteiger partial charge in [-0.2, -0.15) is 16.8 Å². The lowest BCUT2D eigenvalue weighted by molar-refractivity contribution is -0.124. The van der Waals surface area contributed by atoms with Crippen LogP contribution in [0.5, 0.6) is 0 Å². The van der Waals surface area contributed by atoms with Crippen molar-refractivity contribution in [3.8, 4) is 0 Å². The molecule has 0 saturated heterocycles. The van der Waals surface area contributed by atoms with E-state index in [1.54, 1.807) is 0 Å². The molecule has 0 saturated carbocycles. The highest BCUT2D eigenvalue weighted by Crippen LogP contribution is 2.37. The summed E-state index contributed by atoms with van der Waals surface area (Å²) in [4.78, 5) is 0. The Labute approximate surface area is 264 Å². The van der Waals surface area contributed by atoms with Gasteiger partial charge in [-0.25, -0.2) is 0 Å². The molecule has 0 aromatic heterocycles. The van der Waals surface area contributed by atoms with Crippen LogP contribution in [0.1, 0.15) is 40.0 Å². The molecular weight excluding hydrogens is 629 g/mol. The Hall–Kier alpha value is -1.72. The molecule has 2 aromatic rings. The van der Waals surface area contributed by atoms with Crippen LogP contribution in [-0.2, 0) is 52.0 Å². The van der Waals surface area contributed by atoms with E-state index >= 15 is 0 Å². The molecule has 0 unspecified atom stereocenters. The number of rotatable bonds is 21. The van der Waals surface area contributed by atoms with Crippen molar-refractivity contribution in [1.82, 2.24) is 0 Å². The Morgan fingerprint density at radius 3 is 1.61 bits per heavy atom. The summed E-state index contributed by atoms with van der Waals surface area (Å²) in [7, 11) is -7.57. The van der Waals surface area contributed by atoms with Gasteiger partial charge in [-0.15, -0.1) is 0 Å². The molecule has 0 N–H and O–H groups in total. The first kappa shape index (κ1) is 38.5. The second-order valence-electron chi connectivity index (χ2n) is 11.6. The van der Waals surface area contributed by atoms with Crippen LogP contribution in [0.15, 0.2) is 60.7 Å². The zero-order valence-corrected chi connectivity index (χ0v) is 29.4. The highest BCUT2D eigenvalue weighted by Gasteiger charge is 2.50. The summed E-state index contributed by atoms with van der Waals surface area (Å²) in [5, 5.41) is 2.10. The fraction of sp³-hybridized carbons (Fsp3) is 0.600. The zero-order chi connectivity index (χ0) is 32.9.